The molecule has 3 N–H and O–H groups in total. The largest absolute Gasteiger partial charge is 0.456 e. The summed E-state index contributed by atoms with van der Waals surface area (Å²) >= 11 is 0. The fraction of sp³-hybridized carbons (Fsp3) is 0.100. The molecule has 0 atom stereocenters. The van der Waals surface area contributed by atoms with Crippen LogP contribution in [0.3, 0.4) is 0 Å². The highest BCUT2D eigenvalue weighted by Gasteiger charge is 2.15. The summed E-state index contributed by atoms with van der Waals surface area (Å²) < 4.78 is 4.69. The van der Waals surface area contributed by atoms with Crippen molar-refractivity contribution >= 4 is 23.0 Å². The van der Waals surface area contributed by atoms with Crippen LogP contribution < -0.4 is 11.1 Å². The third-order valence-corrected chi connectivity index (χ3v) is 2.20. The smallest absolute Gasteiger partial charge is 0.333 e. The molecule has 0 unspecified atom stereocenters. The molecule has 7 heteroatoms. The van der Waals surface area contributed by atoms with Crippen molar-refractivity contribution in [3.63, 3.8) is 0 Å². The van der Waals surface area contributed by atoms with Gasteiger partial charge in [0.05, 0.1) is 22.0 Å². The summed E-state index contributed by atoms with van der Waals surface area (Å²) in [5, 5.41) is 13.4. The molecule has 88 valence electrons. The maximum Gasteiger partial charge on any atom is 0.333 e. The lowest BCUT2D eigenvalue weighted by Gasteiger charge is -2.08. The summed E-state index contributed by atoms with van der Waals surface area (Å²) in [4.78, 5) is 20.9. The highest BCUT2D eigenvalue weighted by atomic mass is 16.6. The maximum atomic E-state index is 10.8. The molecular weight excluding hydrogens is 226 g/mol. The molecule has 1 aliphatic heterocycles. The molecule has 1 aliphatic rings. The van der Waals surface area contributed by atoms with E-state index in [0.717, 1.165) is 0 Å². The van der Waals surface area contributed by atoms with Crippen LogP contribution in [0.25, 0.3) is 0 Å². The van der Waals surface area contributed by atoms with Crippen LogP contribution in [0.2, 0.25) is 0 Å². The van der Waals surface area contributed by atoms with Gasteiger partial charge in [0.1, 0.15) is 6.61 Å². The number of rotatable bonds is 3. The number of non-ortho nitro benzene ring substituents is 1. The molecule has 1 aromatic carbocycles. The molecule has 17 heavy (non-hydrogen) atoms. The van der Waals surface area contributed by atoms with Crippen molar-refractivity contribution < 1.29 is 14.5 Å². The van der Waals surface area contributed by atoms with E-state index >= 15 is 0 Å². The van der Waals surface area contributed by atoms with Gasteiger partial charge in [-0.2, -0.15) is 0 Å². The number of anilines is 2. The van der Waals surface area contributed by atoms with Gasteiger partial charge in [-0.1, -0.05) is 0 Å². The van der Waals surface area contributed by atoms with Crippen molar-refractivity contribution in [1.82, 2.24) is 0 Å². The van der Waals surface area contributed by atoms with Gasteiger partial charge < -0.3 is 15.8 Å². The van der Waals surface area contributed by atoms with Crippen molar-refractivity contribution in [2.75, 3.05) is 17.7 Å². The van der Waals surface area contributed by atoms with Gasteiger partial charge in [-0.15, -0.1) is 0 Å². The van der Waals surface area contributed by atoms with Gasteiger partial charge >= 0.3 is 5.97 Å². The van der Waals surface area contributed by atoms with Crippen LogP contribution in [0.1, 0.15) is 0 Å². The Balaban J connectivity index is 2.26. The molecule has 1 aromatic rings. The summed E-state index contributed by atoms with van der Waals surface area (Å²) in [6, 6.07) is 4.04. The van der Waals surface area contributed by atoms with E-state index in [-0.39, 0.29) is 12.3 Å². The number of nitro benzene ring substituents is 1. The van der Waals surface area contributed by atoms with Crippen LogP contribution in [0.15, 0.2) is 30.0 Å². The molecule has 2 rings (SSSR count). The van der Waals surface area contributed by atoms with E-state index in [0.29, 0.717) is 17.1 Å². The van der Waals surface area contributed by atoms with Crippen LogP contribution >= 0.6 is 0 Å². The molecule has 0 radical (unpaired) electrons. The van der Waals surface area contributed by atoms with E-state index in [4.69, 9.17) is 5.73 Å². The number of nitrogen functional groups attached to an aromatic ring is 1. The number of benzene rings is 1. The second kappa shape index (κ2) is 4.12. The van der Waals surface area contributed by atoms with Gasteiger partial charge in [-0.05, 0) is 6.07 Å². The average molecular weight is 235 g/mol. The maximum absolute atomic E-state index is 10.8. The first kappa shape index (κ1) is 10.9. The Bertz CT molecular complexity index is 524. The number of nitrogens with two attached hydrogens (primary N) is 1. The average Bonchev–Trinajstić information content (AvgIpc) is 2.67. The summed E-state index contributed by atoms with van der Waals surface area (Å²) in [6.45, 7) is 0.112. The van der Waals surface area contributed by atoms with Crippen molar-refractivity contribution in [2.45, 2.75) is 0 Å². The molecule has 7 nitrogen and oxygen atoms in total. The quantitative estimate of drug-likeness (QED) is 0.350. The Morgan fingerprint density at radius 3 is 2.82 bits per heavy atom. The third kappa shape index (κ3) is 2.33. The van der Waals surface area contributed by atoms with E-state index in [1.165, 1.54) is 24.3 Å². The summed E-state index contributed by atoms with van der Waals surface area (Å²) in [6.07, 6.45) is 1.28. The number of ether oxygens (including phenoxy) is 1. The zero-order valence-electron chi connectivity index (χ0n) is 8.67. The number of cyclic esters (lactones) is 1. The van der Waals surface area contributed by atoms with E-state index in [1.807, 2.05) is 0 Å². The van der Waals surface area contributed by atoms with E-state index in [9.17, 15) is 14.9 Å². The second-order valence-corrected chi connectivity index (χ2v) is 3.43. The lowest BCUT2D eigenvalue weighted by molar-refractivity contribution is -0.384. The van der Waals surface area contributed by atoms with Gasteiger partial charge in [0.25, 0.3) is 5.69 Å². The topological polar surface area (TPSA) is 107 Å². The Hall–Kier alpha value is -2.57. The molecule has 0 aliphatic carbocycles. The first-order valence-electron chi connectivity index (χ1n) is 4.74. The Kier molecular flexibility index (Phi) is 2.65. The lowest BCUT2D eigenvalue weighted by Crippen LogP contribution is -2.04. The lowest BCUT2D eigenvalue weighted by atomic mass is 10.2. The molecule has 0 aromatic heterocycles. The van der Waals surface area contributed by atoms with Crippen LogP contribution in [-0.4, -0.2) is 17.5 Å². The first-order valence-corrected chi connectivity index (χ1v) is 4.74. The Morgan fingerprint density at radius 2 is 2.24 bits per heavy atom. The fourth-order valence-corrected chi connectivity index (χ4v) is 1.39. The van der Waals surface area contributed by atoms with Crippen molar-refractivity contribution in [2.24, 2.45) is 0 Å². The molecule has 0 saturated carbocycles. The monoisotopic (exact) mass is 235 g/mol. The van der Waals surface area contributed by atoms with E-state index < -0.39 is 10.9 Å². The molecule has 0 amide bonds. The van der Waals surface area contributed by atoms with Crippen LogP contribution in [0.4, 0.5) is 17.1 Å². The molecule has 0 spiro atoms. The summed E-state index contributed by atoms with van der Waals surface area (Å²) in [7, 11) is 0. The normalized spacial score (nSPS) is 14.1. The molecular formula is C10H9N3O4. The van der Waals surface area contributed by atoms with E-state index in [1.54, 1.807) is 0 Å². The van der Waals surface area contributed by atoms with Crippen LogP contribution in [0.5, 0.6) is 0 Å². The van der Waals surface area contributed by atoms with Gasteiger partial charge in [-0.3, -0.25) is 10.1 Å². The summed E-state index contributed by atoms with van der Waals surface area (Å²) in [5.74, 6) is -0.448. The molecule has 0 bridgehead atoms. The molecule has 0 saturated heterocycles. The van der Waals surface area contributed by atoms with Gasteiger partial charge in [0.15, 0.2) is 0 Å². The number of carbonyl (C=O) groups excluding carboxylic acids is 1. The Labute approximate surface area is 96.0 Å². The highest BCUT2D eigenvalue weighted by Crippen LogP contribution is 2.26. The predicted octanol–water partition coefficient (Wildman–Crippen LogP) is 1.03. The fourth-order valence-electron chi connectivity index (χ4n) is 1.39. The SMILES string of the molecule is Nc1ccc([N+](=O)[O-])cc1NC1=CC(=O)OC1. The summed E-state index contributed by atoms with van der Waals surface area (Å²) in [5.41, 5.74) is 6.84. The first-order chi connectivity index (χ1) is 8.06. The third-order valence-electron chi connectivity index (χ3n) is 2.20. The van der Waals surface area contributed by atoms with Crippen molar-refractivity contribution in [3.05, 3.63) is 40.1 Å². The Morgan fingerprint density at radius 1 is 1.47 bits per heavy atom. The number of esters is 1. The standard InChI is InChI=1S/C10H9N3O4/c11-8-2-1-7(13(15)16)4-9(8)12-6-3-10(14)17-5-6/h1-4,12H,5,11H2. The number of nitrogens with zero attached hydrogens (tertiary/aromatic N) is 1. The van der Waals surface area contributed by atoms with Gasteiger partial charge in [0, 0.05) is 18.2 Å². The van der Waals surface area contributed by atoms with Crippen LogP contribution in [0, 0.1) is 10.1 Å². The number of carbonyl (C=O) groups is 1. The zero-order chi connectivity index (χ0) is 12.4. The minimum atomic E-state index is -0.519. The minimum Gasteiger partial charge on any atom is -0.456 e. The molecule has 1 heterocycles. The zero-order valence-corrected chi connectivity index (χ0v) is 8.67. The van der Waals surface area contributed by atoms with Crippen molar-refractivity contribution in [3.8, 4) is 0 Å². The second-order valence-electron chi connectivity index (χ2n) is 3.43. The van der Waals surface area contributed by atoms with Gasteiger partial charge in [-0.25, -0.2) is 4.79 Å². The highest BCUT2D eigenvalue weighted by molar-refractivity contribution is 5.86. The van der Waals surface area contributed by atoms with Crippen LogP contribution in [-0.2, 0) is 9.53 Å². The number of nitrogens with one attached hydrogen (secondary N) is 1. The predicted molar refractivity (Wildman–Crippen MR) is 60.2 cm³/mol. The van der Waals surface area contributed by atoms with E-state index in [2.05, 4.69) is 10.1 Å². The van der Waals surface area contributed by atoms with Gasteiger partial charge in [0.2, 0.25) is 0 Å². The van der Waals surface area contributed by atoms with Crippen molar-refractivity contribution in [1.29, 1.82) is 0 Å². The minimum absolute atomic E-state index is 0.0764. The number of hydrogen-bond acceptors (Lipinski definition) is 6. The number of nitro groups is 1. The number of hydrogen-bond donors (Lipinski definition) is 2. The molecule has 0 fully saturated rings.